The van der Waals surface area contributed by atoms with Crippen molar-refractivity contribution in [1.29, 1.82) is 0 Å². The van der Waals surface area contributed by atoms with Crippen molar-refractivity contribution >= 4 is 21.7 Å². The summed E-state index contributed by atoms with van der Waals surface area (Å²) < 4.78 is 2.05. The molecule has 0 atom stereocenters. The maximum absolute atomic E-state index is 4.60. The Morgan fingerprint density at radius 2 is 1.60 bits per heavy atom. The average Bonchev–Trinajstić information content (AvgIpc) is 2.63. The molecular weight excluding hydrogens is 314 g/mol. The van der Waals surface area contributed by atoms with E-state index < -0.39 is 0 Å². The molecule has 0 unspecified atom stereocenters. The van der Waals surface area contributed by atoms with Gasteiger partial charge in [0.05, 0.1) is 5.69 Å². The molecule has 0 bridgehead atoms. The fourth-order valence-corrected chi connectivity index (χ4v) is 3.05. The number of hydrogen-bond donors (Lipinski definition) is 0. The maximum Gasteiger partial charge on any atom is 0.130 e. The van der Waals surface area contributed by atoms with Crippen LogP contribution < -0.4 is 4.90 Å². The Hall–Kier alpha value is -0.510. The number of aromatic nitrogens is 2. The summed E-state index contributed by atoms with van der Waals surface area (Å²) in [6.45, 7) is 13.5. The van der Waals surface area contributed by atoms with Crippen LogP contribution in [0.5, 0.6) is 0 Å². The molecule has 116 valence electrons. The first-order valence-corrected chi connectivity index (χ1v) is 8.82. The second kappa shape index (κ2) is 8.06. The number of halogens is 1. The highest BCUT2D eigenvalue weighted by molar-refractivity contribution is 9.08. The van der Waals surface area contributed by atoms with Gasteiger partial charge in [-0.1, -0.05) is 43.6 Å². The standard InChI is InChI=1S/C16H30BrN3/c1-12(2)7-9-20(10-8-13(3)4)16-15(11-17)14(5)18-19(16)6/h12-13H,7-11H2,1-6H3. The van der Waals surface area contributed by atoms with Gasteiger partial charge in [0.1, 0.15) is 5.82 Å². The quantitative estimate of drug-likeness (QED) is 0.647. The van der Waals surface area contributed by atoms with Crippen LogP contribution in [0, 0.1) is 18.8 Å². The first-order valence-electron chi connectivity index (χ1n) is 7.70. The van der Waals surface area contributed by atoms with Crippen molar-refractivity contribution in [2.45, 2.75) is 52.8 Å². The molecule has 0 aliphatic rings. The number of hydrogen-bond acceptors (Lipinski definition) is 2. The lowest BCUT2D eigenvalue weighted by Crippen LogP contribution is -2.30. The molecule has 0 spiro atoms. The van der Waals surface area contributed by atoms with Gasteiger partial charge in [0.15, 0.2) is 0 Å². The van der Waals surface area contributed by atoms with E-state index in [-0.39, 0.29) is 0 Å². The summed E-state index contributed by atoms with van der Waals surface area (Å²) in [6.07, 6.45) is 2.45. The third-order valence-corrected chi connectivity index (χ3v) is 4.26. The van der Waals surface area contributed by atoms with Gasteiger partial charge in [-0.2, -0.15) is 5.10 Å². The molecule has 0 radical (unpaired) electrons. The summed E-state index contributed by atoms with van der Waals surface area (Å²) in [7, 11) is 2.06. The van der Waals surface area contributed by atoms with Gasteiger partial charge < -0.3 is 4.90 Å². The normalized spacial score (nSPS) is 11.7. The Kier molecular flexibility index (Phi) is 7.07. The maximum atomic E-state index is 4.60. The summed E-state index contributed by atoms with van der Waals surface area (Å²) in [5, 5.41) is 5.48. The number of alkyl halides is 1. The van der Waals surface area contributed by atoms with E-state index >= 15 is 0 Å². The zero-order valence-corrected chi connectivity index (χ0v) is 15.5. The molecule has 0 aromatic carbocycles. The minimum absolute atomic E-state index is 0.735. The predicted octanol–water partition coefficient (Wildman–Crippen LogP) is 4.52. The second-order valence-corrected chi connectivity index (χ2v) is 7.06. The molecule has 4 heteroatoms. The number of rotatable bonds is 8. The summed E-state index contributed by atoms with van der Waals surface area (Å²) in [6, 6.07) is 0. The fourth-order valence-electron chi connectivity index (χ4n) is 2.39. The number of anilines is 1. The van der Waals surface area contributed by atoms with Crippen LogP contribution in [-0.4, -0.2) is 22.9 Å². The molecule has 0 amide bonds. The monoisotopic (exact) mass is 343 g/mol. The highest BCUT2D eigenvalue weighted by Crippen LogP contribution is 2.26. The van der Waals surface area contributed by atoms with Crippen LogP contribution in [0.25, 0.3) is 0 Å². The van der Waals surface area contributed by atoms with Crippen molar-refractivity contribution < 1.29 is 0 Å². The third-order valence-electron chi connectivity index (χ3n) is 3.70. The molecule has 1 aromatic rings. The van der Waals surface area contributed by atoms with Crippen molar-refractivity contribution in [3.63, 3.8) is 0 Å². The van der Waals surface area contributed by atoms with E-state index in [1.165, 1.54) is 24.2 Å². The van der Waals surface area contributed by atoms with Crippen molar-refractivity contribution in [1.82, 2.24) is 9.78 Å². The van der Waals surface area contributed by atoms with E-state index in [1.54, 1.807) is 0 Å². The number of aryl methyl sites for hydroxylation is 2. The van der Waals surface area contributed by atoms with Gasteiger partial charge >= 0.3 is 0 Å². The minimum atomic E-state index is 0.735. The topological polar surface area (TPSA) is 21.1 Å². The predicted molar refractivity (Wildman–Crippen MR) is 91.7 cm³/mol. The van der Waals surface area contributed by atoms with Crippen molar-refractivity contribution in [3.8, 4) is 0 Å². The minimum Gasteiger partial charge on any atom is -0.357 e. The van der Waals surface area contributed by atoms with Gasteiger partial charge in [0.25, 0.3) is 0 Å². The summed E-state index contributed by atoms with van der Waals surface area (Å²) in [5.74, 6) is 2.76. The molecule has 1 rings (SSSR count). The molecule has 0 saturated heterocycles. The van der Waals surface area contributed by atoms with Crippen LogP contribution in [0.1, 0.15) is 51.8 Å². The Labute approximate surface area is 132 Å². The van der Waals surface area contributed by atoms with Crippen LogP contribution in [-0.2, 0) is 12.4 Å². The van der Waals surface area contributed by atoms with Gasteiger partial charge in [0, 0.05) is 31.0 Å². The Morgan fingerprint density at radius 1 is 1.10 bits per heavy atom. The molecular formula is C16H30BrN3. The van der Waals surface area contributed by atoms with E-state index in [9.17, 15) is 0 Å². The molecule has 0 saturated carbocycles. The SMILES string of the molecule is Cc1nn(C)c(N(CCC(C)C)CCC(C)C)c1CBr. The first-order chi connectivity index (χ1) is 9.36. The van der Waals surface area contributed by atoms with Crippen LogP contribution >= 0.6 is 15.9 Å². The third kappa shape index (κ3) is 4.80. The van der Waals surface area contributed by atoms with Crippen LogP contribution in [0.15, 0.2) is 0 Å². The molecule has 20 heavy (non-hydrogen) atoms. The lowest BCUT2D eigenvalue weighted by atomic mass is 10.1. The van der Waals surface area contributed by atoms with Crippen molar-refractivity contribution in [2.24, 2.45) is 18.9 Å². The summed E-state index contributed by atoms with van der Waals surface area (Å²) in [5.41, 5.74) is 2.47. The molecule has 1 aromatic heterocycles. The Morgan fingerprint density at radius 3 is 2.00 bits per heavy atom. The summed E-state index contributed by atoms with van der Waals surface area (Å²) in [4.78, 5) is 2.52. The smallest absolute Gasteiger partial charge is 0.130 e. The van der Waals surface area contributed by atoms with Gasteiger partial charge in [-0.25, -0.2) is 0 Å². The largest absolute Gasteiger partial charge is 0.357 e. The van der Waals surface area contributed by atoms with Crippen LogP contribution in [0.4, 0.5) is 5.82 Å². The van der Waals surface area contributed by atoms with Gasteiger partial charge in [0.2, 0.25) is 0 Å². The molecule has 3 nitrogen and oxygen atoms in total. The fraction of sp³-hybridized carbons (Fsp3) is 0.812. The van der Waals surface area contributed by atoms with Crippen molar-refractivity contribution in [3.05, 3.63) is 11.3 Å². The lowest BCUT2D eigenvalue weighted by Gasteiger charge is -2.27. The van der Waals surface area contributed by atoms with E-state index in [1.807, 2.05) is 4.68 Å². The molecule has 0 aliphatic heterocycles. The first kappa shape index (κ1) is 17.5. The molecule has 1 heterocycles. The highest BCUT2D eigenvalue weighted by atomic mass is 79.9. The molecule has 0 N–H and O–H groups in total. The summed E-state index contributed by atoms with van der Waals surface area (Å²) >= 11 is 3.62. The zero-order valence-electron chi connectivity index (χ0n) is 13.9. The van der Waals surface area contributed by atoms with E-state index in [4.69, 9.17) is 0 Å². The van der Waals surface area contributed by atoms with Crippen LogP contribution in [0.3, 0.4) is 0 Å². The van der Waals surface area contributed by atoms with Gasteiger partial charge in [-0.05, 0) is 31.6 Å². The van der Waals surface area contributed by atoms with Gasteiger partial charge in [-0.15, -0.1) is 0 Å². The van der Waals surface area contributed by atoms with Crippen LogP contribution in [0.2, 0.25) is 0 Å². The highest BCUT2D eigenvalue weighted by Gasteiger charge is 2.19. The second-order valence-electron chi connectivity index (χ2n) is 6.50. The number of nitrogens with zero attached hydrogens (tertiary/aromatic N) is 3. The lowest BCUT2D eigenvalue weighted by molar-refractivity contribution is 0.526. The van der Waals surface area contributed by atoms with E-state index in [0.29, 0.717) is 0 Å². The molecule has 0 aliphatic carbocycles. The van der Waals surface area contributed by atoms with Gasteiger partial charge in [-0.3, -0.25) is 4.68 Å². The Balaban J connectivity index is 2.96. The molecule has 0 fully saturated rings. The average molecular weight is 344 g/mol. The zero-order chi connectivity index (χ0) is 15.3. The van der Waals surface area contributed by atoms with E-state index in [0.717, 1.165) is 35.9 Å². The van der Waals surface area contributed by atoms with E-state index in [2.05, 4.69) is 67.6 Å². The Bertz CT molecular complexity index is 398. The van der Waals surface area contributed by atoms with Crippen molar-refractivity contribution in [2.75, 3.05) is 18.0 Å².